The topological polar surface area (TPSA) is 116 Å². The van der Waals surface area contributed by atoms with Crippen molar-refractivity contribution >= 4 is 160 Å². The van der Waals surface area contributed by atoms with Crippen LogP contribution in [-0.2, 0) is 5.41 Å². The summed E-state index contributed by atoms with van der Waals surface area (Å²) in [5.74, 6) is 6.13. The molecule has 14 heteroatoms. The summed E-state index contributed by atoms with van der Waals surface area (Å²) in [6.07, 6.45) is 0. The second kappa shape index (κ2) is 35.1. The molecule has 28 rings (SSSR count). The number of aromatic nitrogens is 9. The van der Waals surface area contributed by atoms with Crippen LogP contribution in [0.4, 0.5) is 0 Å². The largest absolute Gasteiger partial charge is 0.208 e. The average Bonchev–Trinajstić information content (AvgIpc) is 1.62. The molecule has 140 heavy (non-hydrogen) atoms. The molecule has 0 radical (unpaired) electrons. The zero-order valence-corrected chi connectivity index (χ0v) is 79.8. The Kier molecular flexibility index (Phi) is 21.1. The van der Waals surface area contributed by atoms with Crippen molar-refractivity contribution in [2.45, 2.75) is 19.3 Å². The third-order valence-corrected chi connectivity index (χ3v) is 32.5. The van der Waals surface area contributed by atoms with Crippen LogP contribution in [0.25, 0.3) is 259 Å². The molecule has 27 aromatic rings. The van der Waals surface area contributed by atoms with E-state index in [2.05, 4.69) is 438 Å². The van der Waals surface area contributed by atoms with Crippen molar-refractivity contribution in [2.24, 2.45) is 0 Å². The van der Waals surface area contributed by atoms with E-state index < -0.39 is 0 Å². The average molecular weight is 1880 g/mol. The molecular weight excluding hydrogens is 1800 g/mol. The quantitative estimate of drug-likeness (QED) is 0.104. The van der Waals surface area contributed by atoms with E-state index in [1.165, 1.54) is 148 Å². The zero-order chi connectivity index (χ0) is 92.9. The highest BCUT2D eigenvalue weighted by Gasteiger charge is 2.38. The van der Waals surface area contributed by atoms with Gasteiger partial charge in [-0.2, -0.15) is 0 Å². The molecule has 0 amide bonds. The SMILES string of the molecule is CC1(C)c2ccccc2-c2c(-c3nc(-c4ccc5c(c4)sc4ccccc45)nc(-c4cc5ccccc5s4)n3)cccc21.c1ccc(-c2c3ccccc3c(-c3ccc(-c4nc(-c5ccc6c(c5)sc5ccccc56)nc(-c5cc6ccccc6s5)n4)cc3)c3ccccc23)cc1.c1ccc(-c2ccc3cc(-c4nc(-c5cc6ccccc6s5)nc(-c5ccccc5-c5ccccc5)n4)ccc3c2)cc1. The molecule has 19 aromatic carbocycles. The van der Waals surface area contributed by atoms with Crippen LogP contribution >= 0.6 is 56.7 Å². The molecule has 0 unspecified atom stereocenters. The van der Waals surface area contributed by atoms with Crippen molar-refractivity contribution in [3.05, 3.63) is 454 Å². The Bertz CT molecular complexity index is 9420. The highest BCUT2D eigenvalue weighted by atomic mass is 32.1. The first-order valence-corrected chi connectivity index (χ1v) is 50.8. The fraction of sp³-hybridized carbons (Fsp3) is 0.0238. The third kappa shape index (κ3) is 15.3. The van der Waals surface area contributed by atoms with E-state index in [9.17, 15) is 0 Å². The standard InChI is InChI=1S/C49H29N3S2.C39H25N3S.C38H25N3S2/c1-2-12-30(13-3-1)45-37-16-5-7-18-39(37)46(40-19-8-6-17-38(40)45)31-22-24-32(25-23-31)47-50-48(52-49(51-47)44-28-33-14-4-10-20-41(33)53-44)34-26-27-36-35-15-9-11-21-42(35)54-43(36)29-34;1-3-11-26(12-4-1)28-19-20-30-24-32(22-21-29(30)23-28)37-40-38(34-17-9-8-16-33(34)27-13-5-2-6-14-27)42-39(41-37)36-25-31-15-7-10-18-35(31)43-36;1-38(2)28-14-6-4-12-26(28)34-27(13-9-15-29(34)38)36-39-35(40-37(41-36)33-20-22-10-3-7-16-30(22)42-33)23-18-19-25-24-11-5-8-17-31(24)43-32(25)21-23/h1-29H;1-25H;3-21H,1-2H3. The Hall–Kier alpha value is -16.7. The van der Waals surface area contributed by atoms with Crippen molar-refractivity contribution in [3.8, 4) is 156 Å². The van der Waals surface area contributed by atoms with Gasteiger partial charge in [-0.3, -0.25) is 0 Å². The number of rotatable bonds is 13. The van der Waals surface area contributed by atoms with Crippen molar-refractivity contribution in [1.29, 1.82) is 0 Å². The lowest BCUT2D eigenvalue weighted by atomic mass is 9.82. The summed E-state index contributed by atoms with van der Waals surface area (Å²) in [6, 6.07) is 157. The van der Waals surface area contributed by atoms with E-state index in [0.29, 0.717) is 52.4 Å². The molecule has 0 spiro atoms. The van der Waals surface area contributed by atoms with E-state index >= 15 is 0 Å². The maximum atomic E-state index is 5.20. The number of nitrogens with zero attached hydrogens (tertiary/aromatic N) is 9. The highest BCUT2D eigenvalue weighted by molar-refractivity contribution is 7.26. The molecular formula is C126H79N9S5. The molecule has 8 heterocycles. The van der Waals surface area contributed by atoms with E-state index in [-0.39, 0.29) is 5.41 Å². The summed E-state index contributed by atoms with van der Waals surface area (Å²) in [4.78, 5) is 49.2. The lowest BCUT2D eigenvalue weighted by molar-refractivity contribution is 0.660. The van der Waals surface area contributed by atoms with Gasteiger partial charge < -0.3 is 0 Å². The van der Waals surface area contributed by atoms with Crippen LogP contribution in [0.2, 0.25) is 0 Å². The summed E-state index contributed by atoms with van der Waals surface area (Å²) in [5.41, 5.74) is 20.4. The van der Waals surface area contributed by atoms with Gasteiger partial charge in [0.2, 0.25) is 0 Å². The molecule has 658 valence electrons. The van der Waals surface area contributed by atoms with E-state index in [1.807, 2.05) is 29.5 Å². The molecule has 0 saturated carbocycles. The molecule has 0 saturated heterocycles. The Morgan fingerprint density at radius 2 is 0.471 bits per heavy atom. The summed E-state index contributed by atoms with van der Waals surface area (Å²) in [6.45, 7) is 4.62. The third-order valence-electron chi connectivity index (χ3n) is 26.9. The van der Waals surface area contributed by atoms with Gasteiger partial charge >= 0.3 is 0 Å². The molecule has 1 aliphatic rings. The van der Waals surface area contributed by atoms with Gasteiger partial charge in [0.1, 0.15) is 0 Å². The second-order valence-corrected chi connectivity index (χ2v) is 41.1. The molecule has 0 fully saturated rings. The minimum atomic E-state index is -0.0989. The van der Waals surface area contributed by atoms with Crippen molar-refractivity contribution in [2.75, 3.05) is 0 Å². The number of fused-ring (bicyclic) bond motifs is 15. The fourth-order valence-electron chi connectivity index (χ4n) is 20.0. The molecule has 1 aliphatic carbocycles. The Balaban J connectivity index is 0.000000109. The van der Waals surface area contributed by atoms with Crippen LogP contribution in [0.1, 0.15) is 25.0 Å². The van der Waals surface area contributed by atoms with Gasteiger partial charge in [-0.1, -0.05) is 384 Å². The van der Waals surface area contributed by atoms with E-state index in [0.717, 1.165) is 70.1 Å². The predicted molar refractivity (Wildman–Crippen MR) is 592 cm³/mol. The maximum Gasteiger partial charge on any atom is 0.174 e. The van der Waals surface area contributed by atoms with E-state index in [1.54, 1.807) is 45.3 Å². The number of thiophene rings is 5. The van der Waals surface area contributed by atoms with Gasteiger partial charge in [-0.15, -0.1) is 56.7 Å². The summed E-state index contributed by atoms with van der Waals surface area (Å²) < 4.78 is 8.68. The molecule has 9 nitrogen and oxygen atoms in total. The minimum absolute atomic E-state index is 0.0989. The number of hydrogen-bond donors (Lipinski definition) is 0. The van der Waals surface area contributed by atoms with Crippen LogP contribution in [0.5, 0.6) is 0 Å². The van der Waals surface area contributed by atoms with Crippen LogP contribution in [-0.4, -0.2) is 44.9 Å². The van der Waals surface area contributed by atoms with Gasteiger partial charge in [0.05, 0.1) is 14.6 Å². The lowest BCUT2D eigenvalue weighted by Crippen LogP contribution is -2.14. The Morgan fingerprint density at radius 3 is 0.964 bits per heavy atom. The van der Waals surface area contributed by atoms with Gasteiger partial charge in [0.25, 0.3) is 0 Å². The first-order valence-electron chi connectivity index (χ1n) is 46.7. The molecule has 8 aromatic heterocycles. The van der Waals surface area contributed by atoms with Crippen molar-refractivity contribution in [1.82, 2.24) is 44.9 Å². The van der Waals surface area contributed by atoms with Crippen molar-refractivity contribution < 1.29 is 0 Å². The Morgan fingerprint density at radius 1 is 0.157 bits per heavy atom. The van der Waals surface area contributed by atoms with E-state index in [4.69, 9.17) is 44.9 Å². The molecule has 0 aliphatic heterocycles. The van der Waals surface area contributed by atoms with Crippen LogP contribution in [0.3, 0.4) is 0 Å². The molecule has 0 N–H and O–H groups in total. The predicted octanol–water partition coefficient (Wildman–Crippen LogP) is 35.4. The summed E-state index contributed by atoms with van der Waals surface area (Å²) >= 11 is 8.77. The molecule has 0 atom stereocenters. The monoisotopic (exact) mass is 1880 g/mol. The zero-order valence-electron chi connectivity index (χ0n) is 75.7. The van der Waals surface area contributed by atoms with Gasteiger partial charge in [0, 0.05) is 93.2 Å². The van der Waals surface area contributed by atoms with Crippen LogP contribution < -0.4 is 0 Å². The number of hydrogen-bond acceptors (Lipinski definition) is 14. The minimum Gasteiger partial charge on any atom is -0.208 e. The highest BCUT2D eigenvalue weighted by Crippen LogP contribution is 2.53. The number of benzene rings is 19. The van der Waals surface area contributed by atoms with Gasteiger partial charge in [-0.25, -0.2) is 44.9 Å². The first-order chi connectivity index (χ1) is 69.1. The molecule has 0 bridgehead atoms. The first kappa shape index (κ1) is 83.9. The van der Waals surface area contributed by atoms with Crippen LogP contribution in [0, 0.1) is 0 Å². The van der Waals surface area contributed by atoms with Crippen molar-refractivity contribution in [3.63, 3.8) is 0 Å². The second-order valence-electron chi connectivity index (χ2n) is 35.7. The van der Waals surface area contributed by atoms with Gasteiger partial charge in [0.15, 0.2) is 52.4 Å². The maximum absolute atomic E-state index is 5.20. The fourth-order valence-corrected chi connectivity index (χ4v) is 25.3. The Labute approximate surface area is 826 Å². The normalized spacial score (nSPS) is 12.1. The summed E-state index contributed by atoms with van der Waals surface area (Å²) in [5, 5.41) is 15.9. The van der Waals surface area contributed by atoms with Crippen LogP contribution in [0.15, 0.2) is 443 Å². The summed E-state index contributed by atoms with van der Waals surface area (Å²) in [7, 11) is 0. The smallest absolute Gasteiger partial charge is 0.174 e. The lowest BCUT2D eigenvalue weighted by Gasteiger charge is -2.21. The van der Waals surface area contributed by atoms with Gasteiger partial charge in [-0.05, 0) is 188 Å².